The fourth-order valence-corrected chi connectivity index (χ4v) is 0.624. The molecule has 72 valence electrons. The van der Waals surface area contributed by atoms with Gasteiger partial charge in [-0.05, 0) is 12.8 Å². The van der Waals surface area contributed by atoms with Crippen molar-refractivity contribution >= 4 is 6.03 Å². The van der Waals surface area contributed by atoms with Crippen molar-refractivity contribution in [1.29, 1.82) is 0 Å². The number of aliphatic hydroxyl groups excluding tert-OH is 2. The number of nitrogens with one attached hydrogen (secondary N) is 2. The van der Waals surface area contributed by atoms with Gasteiger partial charge in [-0.2, -0.15) is 0 Å². The molecule has 0 saturated heterocycles. The van der Waals surface area contributed by atoms with Crippen LogP contribution in [0.3, 0.4) is 0 Å². The second-order valence-electron chi connectivity index (χ2n) is 2.34. The lowest BCUT2D eigenvalue weighted by Crippen LogP contribution is -2.36. The Bertz CT molecular complexity index is 107. The Kier molecular flexibility index (Phi) is 7.73. The number of rotatable bonds is 6. The average molecular weight is 176 g/mol. The number of carbonyl (C=O) groups excluding carboxylic acids is 1. The first-order valence-corrected chi connectivity index (χ1v) is 4.04. The molecule has 5 nitrogen and oxygen atoms in total. The van der Waals surface area contributed by atoms with E-state index >= 15 is 0 Å². The van der Waals surface area contributed by atoms with E-state index in [1.54, 1.807) is 0 Å². The van der Waals surface area contributed by atoms with E-state index in [0.717, 1.165) is 0 Å². The van der Waals surface area contributed by atoms with Gasteiger partial charge in [0.25, 0.3) is 0 Å². The van der Waals surface area contributed by atoms with Gasteiger partial charge < -0.3 is 20.8 Å². The number of hydrogen-bond acceptors (Lipinski definition) is 3. The molecule has 0 aliphatic heterocycles. The van der Waals surface area contributed by atoms with E-state index in [1.807, 2.05) is 0 Å². The van der Waals surface area contributed by atoms with Crippen molar-refractivity contribution < 1.29 is 15.0 Å². The van der Waals surface area contributed by atoms with Gasteiger partial charge in [0, 0.05) is 26.3 Å². The van der Waals surface area contributed by atoms with Gasteiger partial charge in [0.2, 0.25) is 0 Å². The van der Waals surface area contributed by atoms with Crippen molar-refractivity contribution in [2.75, 3.05) is 26.3 Å². The predicted octanol–water partition coefficient (Wildman–Crippen LogP) is -0.950. The van der Waals surface area contributed by atoms with Gasteiger partial charge in [0.15, 0.2) is 0 Å². The summed E-state index contributed by atoms with van der Waals surface area (Å²) in [6.07, 6.45) is 1.13. The van der Waals surface area contributed by atoms with Crippen LogP contribution < -0.4 is 10.6 Å². The molecule has 0 atom stereocenters. The van der Waals surface area contributed by atoms with Crippen molar-refractivity contribution in [1.82, 2.24) is 10.6 Å². The third kappa shape index (κ3) is 7.30. The molecule has 0 aromatic heterocycles. The maximum Gasteiger partial charge on any atom is 0.314 e. The molecule has 0 aromatic carbocycles. The molecule has 0 heterocycles. The highest BCUT2D eigenvalue weighted by Gasteiger charge is 1.96. The molecule has 5 heteroatoms. The zero-order valence-corrected chi connectivity index (χ0v) is 7.05. The van der Waals surface area contributed by atoms with E-state index in [2.05, 4.69) is 10.6 Å². The molecule has 0 unspecified atom stereocenters. The van der Waals surface area contributed by atoms with Gasteiger partial charge in [-0.25, -0.2) is 4.79 Å². The van der Waals surface area contributed by atoms with E-state index in [4.69, 9.17) is 10.2 Å². The summed E-state index contributed by atoms with van der Waals surface area (Å²) in [7, 11) is 0. The van der Waals surface area contributed by atoms with E-state index < -0.39 is 0 Å². The Morgan fingerprint density at radius 2 is 1.42 bits per heavy atom. The summed E-state index contributed by atoms with van der Waals surface area (Å²) in [5.41, 5.74) is 0. The quantitative estimate of drug-likeness (QED) is 0.394. The standard InChI is InChI=1S/C7H16N2O3/c10-5-1-3-8-7(12)9-4-2-6-11/h10-11H,1-6H2,(H2,8,9,12). The Balaban J connectivity index is 3.10. The molecule has 0 saturated carbocycles. The first-order valence-electron chi connectivity index (χ1n) is 4.04. The largest absolute Gasteiger partial charge is 0.396 e. The van der Waals surface area contributed by atoms with Crippen molar-refractivity contribution in [3.05, 3.63) is 0 Å². The van der Waals surface area contributed by atoms with Crippen LogP contribution >= 0.6 is 0 Å². The van der Waals surface area contributed by atoms with E-state index in [-0.39, 0.29) is 19.2 Å². The van der Waals surface area contributed by atoms with Crippen LogP contribution in [-0.4, -0.2) is 42.5 Å². The molecule has 0 rings (SSSR count). The fraction of sp³-hybridized carbons (Fsp3) is 0.857. The average Bonchev–Trinajstić information content (AvgIpc) is 2.06. The number of amides is 2. The first kappa shape index (κ1) is 11.2. The van der Waals surface area contributed by atoms with Crippen LogP contribution in [0.25, 0.3) is 0 Å². The number of urea groups is 1. The van der Waals surface area contributed by atoms with Crippen molar-refractivity contribution in [2.24, 2.45) is 0 Å². The molecule has 0 aromatic rings. The minimum Gasteiger partial charge on any atom is -0.396 e. The number of hydrogen-bond donors (Lipinski definition) is 4. The topological polar surface area (TPSA) is 81.6 Å². The van der Waals surface area contributed by atoms with E-state index in [0.29, 0.717) is 25.9 Å². The van der Waals surface area contributed by atoms with Crippen molar-refractivity contribution in [3.63, 3.8) is 0 Å². The smallest absolute Gasteiger partial charge is 0.314 e. The minimum atomic E-state index is -0.253. The van der Waals surface area contributed by atoms with Crippen LogP contribution in [0.4, 0.5) is 4.79 Å². The van der Waals surface area contributed by atoms with Gasteiger partial charge in [0.05, 0.1) is 0 Å². The summed E-state index contributed by atoms with van der Waals surface area (Å²) < 4.78 is 0. The van der Waals surface area contributed by atoms with E-state index in [1.165, 1.54) is 0 Å². The molecule has 0 radical (unpaired) electrons. The van der Waals surface area contributed by atoms with Crippen LogP contribution in [0.15, 0.2) is 0 Å². The van der Waals surface area contributed by atoms with Gasteiger partial charge >= 0.3 is 6.03 Å². The van der Waals surface area contributed by atoms with Crippen LogP contribution in [-0.2, 0) is 0 Å². The lowest BCUT2D eigenvalue weighted by molar-refractivity contribution is 0.235. The predicted molar refractivity (Wildman–Crippen MR) is 44.8 cm³/mol. The molecular formula is C7H16N2O3. The summed E-state index contributed by atoms with van der Waals surface area (Å²) in [4.78, 5) is 10.8. The van der Waals surface area contributed by atoms with Crippen LogP contribution in [0.1, 0.15) is 12.8 Å². The highest BCUT2D eigenvalue weighted by Crippen LogP contribution is 1.74. The summed E-state index contributed by atoms with van der Waals surface area (Å²) in [5.74, 6) is 0. The minimum absolute atomic E-state index is 0.0803. The maximum atomic E-state index is 10.8. The normalized spacial score (nSPS) is 9.50. The third-order valence-electron chi connectivity index (χ3n) is 1.24. The summed E-state index contributed by atoms with van der Waals surface area (Å²) in [6.45, 7) is 1.11. The van der Waals surface area contributed by atoms with Crippen LogP contribution in [0, 0.1) is 0 Å². The van der Waals surface area contributed by atoms with Crippen molar-refractivity contribution in [2.45, 2.75) is 12.8 Å². The molecule has 0 aliphatic carbocycles. The van der Waals surface area contributed by atoms with Gasteiger partial charge in [-0.1, -0.05) is 0 Å². The summed E-state index contributed by atoms with van der Waals surface area (Å²) in [5, 5.41) is 21.9. The molecule has 12 heavy (non-hydrogen) atoms. The third-order valence-corrected chi connectivity index (χ3v) is 1.24. The Morgan fingerprint density at radius 1 is 1.00 bits per heavy atom. The SMILES string of the molecule is O=C(NCCCO)NCCCO. The van der Waals surface area contributed by atoms with Crippen LogP contribution in [0.5, 0.6) is 0 Å². The highest BCUT2D eigenvalue weighted by molar-refractivity contribution is 5.73. The first-order chi connectivity index (χ1) is 5.81. The molecule has 0 aliphatic rings. The van der Waals surface area contributed by atoms with Gasteiger partial charge in [0.1, 0.15) is 0 Å². The molecule has 0 fully saturated rings. The van der Waals surface area contributed by atoms with E-state index in [9.17, 15) is 4.79 Å². The lowest BCUT2D eigenvalue weighted by Gasteiger charge is -2.05. The maximum absolute atomic E-state index is 10.8. The monoisotopic (exact) mass is 176 g/mol. The second kappa shape index (κ2) is 8.29. The zero-order chi connectivity index (χ0) is 9.23. The molecular weight excluding hydrogens is 160 g/mol. The fourth-order valence-electron chi connectivity index (χ4n) is 0.624. The molecule has 2 amide bonds. The molecule has 0 bridgehead atoms. The number of carbonyl (C=O) groups is 1. The lowest BCUT2D eigenvalue weighted by atomic mass is 10.4. The summed E-state index contributed by atoms with van der Waals surface area (Å²) >= 11 is 0. The highest BCUT2D eigenvalue weighted by atomic mass is 16.3. The van der Waals surface area contributed by atoms with Crippen LogP contribution in [0.2, 0.25) is 0 Å². The zero-order valence-electron chi connectivity index (χ0n) is 7.05. The Hall–Kier alpha value is -0.810. The van der Waals surface area contributed by atoms with Gasteiger partial charge in [-0.3, -0.25) is 0 Å². The molecule has 0 spiro atoms. The second-order valence-corrected chi connectivity index (χ2v) is 2.34. The van der Waals surface area contributed by atoms with Crippen molar-refractivity contribution in [3.8, 4) is 0 Å². The summed E-state index contributed by atoms with van der Waals surface area (Å²) in [6, 6.07) is -0.253. The Labute approximate surface area is 71.8 Å². The number of aliphatic hydroxyl groups is 2. The Morgan fingerprint density at radius 3 is 1.75 bits per heavy atom. The molecule has 4 N–H and O–H groups in total. The van der Waals surface area contributed by atoms with Gasteiger partial charge in [-0.15, -0.1) is 0 Å².